The highest BCUT2D eigenvalue weighted by atomic mass is 16.2. The fraction of sp³-hybridized carbons (Fsp3) is 0.579. The number of likely N-dealkylation sites (tertiary alicyclic amines) is 1. The van der Waals surface area contributed by atoms with Gasteiger partial charge in [-0.1, -0.05) is 30.3 Å². The first kappa shape index (κ1) is 17.1. The molecule has 26 heavy (non-hydrogen) atoms. The van der Waals surface area contributed by atoms with Crippen molar-refractivity contribution in [3.8, 4) is 0 Å². The second-order valence-electron chi connectivity index (χ2n) is 7.63. The maximum Gasteiger partial charge on any atom is 0.247 e. The van der Waals surface area contributed by atoms with Gasteiger partial charge in [-0.3, -0.25) is 4.79 Å². The van der Waals surface area contributed by atoms with Crippen LogP contribution in [-0.4, -0.2) is 57.2 Å². The molecule has 1 spiro atoms. The van der Waals surface area contributed by atoms with E-state index in [-0.39, 0.29) is 11.9 Å². The summed E-state index contributed by atoms with van der Waals surface area (Å²) >= 11 is 0. The van der Waals surface area contributed by atoms with Gasteiger partial charge < -0.3 is 10.2 Å². The van der Waals surface area contributed by atoms with E-state index in [1.54, 1.807) is 4.68 Å². The molecule has 1 amide bonds. The van der Waals surface area contributed by atoms with Gasteiger partial charge in [0.25, 0.3) is 0 Å². The molecule has 2 aliphatic rings. The van der Waals surface area contributed by atoms with E-state index in [9.17, 15) is 4.79 Å². The highest BCUT2D eigenvalue weighted by Crippen LogP contribution is 2.37. The van der Waals surface area contributed by atoms with E-state index in [1.165, 1.54) is 6.42 Å². The van der Waals surface area contributed by atoms with Crippen LogP contribution in [0.4, 0.5) is 0 Å². The van der Waals surface area contributed by atoms with Crippen molar-refractivity contribution < 1.29 is 4.79 Å². The zero-order valence-corrected chi connectivity index (χ0v) is 15.3. The molecule has 7 heteroatoms. The molecule has 1 atom stereocenters. The molecule has 1 N–H and O–H groups in total. The number of nitrogens with zero attached hydrogens (tertiary/aromatic N) is 5. The predicted molar refractivity (Wildman–Crippen MR) is 97.5 cm³/mol. The van der Waals surface area contributed by atoms with Gasteiger partial charge in [0.15, 0.2) is 0 Å². The molecule has 2 aromatic rings. The van der Waals surface area contributed by atoms with Crippen LogP contribution in [0.3, 0.4) is 0 Å². The minimum Gasteiger partial charge on any atom is -0.341 e. The lowest BCUT2D eigenvalue weighted by Crippen LogP contribution is -2.47. The van der Waals surface area contributed by atoms with Crippen LogP contribution in [0.15, 0.2) is 30.3 Å². The van der Waals surface area contributed by atoms with Crippen molar-refractivity contribution in [2.45, 2.75) is 38.6 Å². The van der Waals surface area contributed by atoms with E-state index < -0.39 is 0 Å². The van der Waals surface area contributed by atoms with Gasteiger partial charge in [-0.15, -0.1) is 5.10 Å². The molecular weight excluding hydrogens is 328 g/mol. The summed E-state index contributed by atoms with van der Waals surface area (Å²) in [5.74, 6) is 0.804. The molecule has 0 aliphatic carbocycles. The number of hydrogen-bond acceptors (Lipinski definition) is 5. The Morgan fingerprint density at radius 2 is 2.00 bits per heavy atom. The number of hydrogen-bond donors (Lipinski definition) is 1. The molecule has 3 heterocycles. The maximum atomic E-state index is 13.4. The Balaban J connectivity index is 1.52. The summed E-state index contributed by atoms with van der Waals surface area (Å²) in [7, 11) is 0. The lowest BCUT2D eigenvalue weighted by Gasteiger charge is -2.40. The number of rotatable bonds is 4. The van der Waals surface area contributed by atoms with E-state index in [2.05, 4.69) is 33.0 Å². The highest BCUT2D eigenvalue weighted by Gasteiger charge is 2.39. The molecule has 1 aromatic carbocycles. The van der Waals surface area contributed by atoms with Crippen LogP contribution in [0.1, 0.15) is 36.7 Å². The number of tetrazole rings is 1. The van der Waals surface area contributed by atoms with Gasteiger partial charge in [0.05, 0.1) is 0 Å². The Bertz CT molecular complexity index is 742. The third-order valence-electron chi connectivity index (χ3n) is 5.98. The number of benzene rings is 1. The van der Waals surface area contributed by atoms with Crippen LogP contribution in [0.25, 0.3) is 0 Å². The number of amides is 1. The summed E-state index contributed by atoms with van der Waals surface area (Å²) in [4.78, 5) is 15.4. The predicted octanol–water partition coefficient (Wildman–Crippen LogP) is 1.37. The first-order valence-electron chi connectivity index (χ1n) is 9.45. The monoisotopic (exact) mass is 354 g/mol. The highest BCUT2D eigenvalue weighted by molar-refractivity contribution is 5.81. The Morgan fingerprint density at radius 3 is 2.62 bits per heavy atom. The van der Waals surface area contributed by atoms with Crippen molar-refractivity contribution in [2.75, 3.05) is 26.2 Å². The standard InChI is InChI=1S/C19H26N6O/c1-15-21-22-23-25(15)17(13-16-5-3-2-4-6-16)18(26)24-11-8-19(9-12-24)7-10-20-14-19/h2-6,17,20H,7-14H2,1H3. The van der Waals surface area contributed by atoms with Crippen LogP contribution in [0, 0.1) is 12.3 Å². The molecule has 0 bridgehead atoms. The lowest BCUT2D eigenvalue weighted by atomic mass is 9.77. The Kier molecular flexibility index (Phi) is 4.72. The smallest absolute Gasteiger partial charge is 0.247 e. The number of aryl methyl sites for hydroxylation is 1. The minimum atomic E-state index is -0.386. The molecular formula is C19H26N6O. The van der Waals surface area contributed by atoms with Crippen molar-refractivity contribution in [3.63, 3.8) is 0 Å². The summed E-state index contributed by atoms with van der Waals surface area (Å²) in [6, 6.07) is 9.71. The van der Waals surface area contributed by atoms with Crippen LogP contribution >= 0.6 is 0 Å². The molecule has 0 saturated carbocycles. The maximum absolute atomic E-state index is 13.4. The Morgan fingerprint density at radius 1 is 1.23 bits per heavy atom. The van der Waals surface area contributed by atoms with Gasteiger partial charge in [0.1, 0.15) is 11.9 Å². The largest absolute Gasteiger partial charge is 0.341 e. The summed E-state index contributed by atoms with van der Waals surface area (Å²) in [6.45, 7) is 5.70. The topological polar surface area (TPSA) is 75.9 Å². The number of aromatic nitrogens is 4. The second-order valence-corrected chi connectivity index (χ2v) is 7.63. The average molecular weight is 354 g/mol. The molecule has 7 nitrogen and oxygen atoms in total. The normalized spacial score (nSPS) is 20.4. The zero-order chi connectivity index (χ0) is 18.0. The fourth-order valence-electron chi connectivity index (χ4n) is 4.28. The summed E-state index contributed by atoms with van der Waals surface area (Å²) in [5, 5.41) is 15.3. The van der Waals surface area contributed by atoms with E-state index in [1.807, 2.05) is 30.0 Å². The number of piperidine rings is 1. The van der Waals surface area contributed by atoms with Gasteiger partial charge in [-0.2, -0.15) is 0 Å². The molecule has 4 rings (SSSR count). The molecule has 1 unspecified atom stereocenters. The molecule has 1 aromatic heterocycles. The van der Waals surface area contributed by atoms with Crippen LogP contribution in [0.2, 0.25) is 0 Å². The molecule has 138 valence electrons. The van der Waals surface area contributed by atoms with E-state index in [0.717, 1.165) is 44.6 Å². The van der Waals surface area contributed by atoms with E-state index >= 15 is 0 Å². The van der Waals surface area contributed by atoms with Crippen LogP contribution < -0.4 is 5.32 Å². The van der Waals surface area contributed by atoms with Crippen LogP contribution in [-0.2, 0) is 11.2 Å². The molecule has 0 radical (unpaired) electrons. The first-order chi connectivity index (χ1) is 12.7. The van der Waals surface area contributed by atoms with Crippen LogP contribution in [0.5, 0.6) is 0 Å². The minimum absolute atomic E-state index is 0.130. The Labute approximate surface area is 153 Å². The SMILES string of the molecule is Cc1nnnn1C(Cc1ccccc1)C(=O)N1CCC2(CCNC2)CC1. The third kappa shape index (κ3) is 3.35. The van der Waals surface area contributed by atoms with Gasteiger partial charge in [-0.25, -0.2) is 4.68 Å². The number of carbonyl (C=O) groups is 1. The van der Waals surface area contributed by atoms with Crippen molar-refractivity contribution in [2.24, 2.45) is 5.41 Å². The first-order valence-corrected chi connectivity index (χ1v) is 9.45. The fourth-order valence-corrected chi connectivity index (χ4v) is 4.28. The van der Waals surface area contributed by atoms with Gasteiger partial charge in [0, 0.05) is 26.1 Å². The summed E-state index contributed by atoms with van der Waals surface area (Å²) in [5.41, 5.74) is 1.52. The van der Waals surface area contributed by atoms with E-state index in [4.69, 9.17) is 0 Å². The number of nitrogens with one attached hydrogen (secondary N) is 1. The Hall–Kier alpha value is -2.28. The van der Waals surface area contributed by atoms with Crippen molar-refractivity contribution >= 4 is 5.91 Å². The summed E-state index contributed by atoms with van der Waals surface area (Å²) < 4.78 is 1.68. The van der Waals surface area contributed by atoms with E-state index in [0.29, 0.717) is 17.7 Å². The van der Waals surface area contributed by atoms with Gasteiger partial charge in [-0.05, 0) is 54.1 Å². The van der Waals surface area contributed by atoms with Crippen molar-refractivity contribution in [3.05, 3.63) is 41.7 Å². The van der Waals surface area contributed by atoms with Crippen molar-refractivity contribution in [1.82, 2.24) is 30.4 Å². The van der Waals surface area contributed by atoms with Gasteiger partial charge in [0.2, 0.25) is 5.91 Å². The molecule has 2 fully saturated rings. The quantitative estimate of drug-likeness (QED) is 0.897. The molecule has 2 saturated heterocycles. The molecule has 2 aliphatic heterocycles. The number of carbonyl (C=O) groups excluding carboxylic acids is 1. The average Bonchev–Trinajstić information content (AvgIpc) is 3.30. The second kappa shape index (κ2) is 7.15. The van der Waals surface area contributed by atoms with Crippen molar-refractivity contribution in [1.29, 1.82) is 0 Å². The van der Waals surface area contributed by atoms with Gasteiger partial charge >= 0.3 is 0 Å². The lowest BCUT2D eigenvalue weighted by molar-refractivity contribution is -0.137. The summed E-state index contributed by atoms with van der Waals surface area (Å²) in [6.07, 6.45) is 4.00. The third-order valence-corrected chi connectivity index (χ3v) is 5.98. The zero-order valence-electron chi connectivity index (χ0n) is 15.3.